The number of anilines is 2. The second-order valence-electron chi connectivity index (χ2n) is 7.43. The Morgan fingerprint density at radius 2 is 1.59 bits per heavy atom. The first-order chi connectivity index (χ1) is 13.8. The maximum Gasteiger partial charge on any atom is 0.274 e. The Labute approximate surface area is 171 Å². The number of pyridine rings is 1. The van der Waals surface area contributed by atoms with Gasteiger partial charge < -0.3 is 10.6 Å². The number of carbonyl (C=O) groups is 2. The van der Waals surface area contributed by atoms with Gasteiger partial charge in [0.1, 0.15) is 5.69 Å². The first kappa shape index (κ1) is 20.3. The van der Waals surface area contributed by atoms with Gasteiger partial charge in [-0.05, 0) is 66.8 Å². The fourth-order valence-corrected chi connectivity index (χ4v) is 2.91. The molecule has 0 radical (unpaired) electrons. The Bertz CT molecular complexity index is 1040. The van der Waals surface area contributed by atoms with Gasteiger partial charge in [-0.2, -0.15) is 0 Å². The Balaban J connectivity index is 1.73. The van der Waals surface area contributed by atoms with Crippen molar-refractivity contribution in [3.63, 3.8) is 0 Å². The van der Waals surface area contributed by atoms with Gasteiger partial charge >= 0.3 is 0 Å². The van der Waals surface area contributed by atoms with Crippen LogP contribution in [0, 0.1) is 13.8 Å². The van der Waals surface area contributed by atoms with Crippen LogP contribution in [0.15, 0.2) is 60.8 Å². The molecule has 0 aliphatic rings. The van der Waals surface area contributed by atoms with Crippen molar-refractivity contribution in [1.82, 2.24) is 4.98 Å². The monoisotopic (exact) mass is 387 g/mol. The van der Waals surface area contributed by atoms with Crippen LogP contribution < -0.4 is 10.6 Å². The van der Waals surface area contributed by atoms with Crippen molar-refractivity contribution in [2.75, 3.05) is 10.6 Å². The minimum Gasteiger partial charge on any atom is -0.322 e. The summed E-state index contributed by atoms with van der Waals surface area (Å²) in [4.78, 5) is 29.3. The number of hydrogen-bond acceptors (Lipinski definition) is 3. The molecule has 0 fully saturated rings. The van der Waals surface area contributed by atoms with Crippen LogP contribution in [0.3, 0.4) is 0 Å². The van der Waals surface area contributed by atoms with Gasteiger partial charge in [0.05, 0.1) is 0 Å². The van der Waals surface area contributed by atoms with Gasteiger partial charge in [-0.25, -0.2) is 0 Å². The second kappa shape index (κ2) is 8.69. The lowest BCUT2D eigenvalue weighted by molar-refractivity contribution is 0.102. The molecule has 3 aromatic rings. The number of amides is 2. The van der Waals surface area contributed by atoms with Gasteiger partial charge in [-0.3, -0.25) is 14.6 Å². The lowest BCUT2D eigenvalue weighted by Gasteiger charge is -2.11. The van der Waals surface area contributed by atoms with Gasteiger partial charge in [0, 0.05) is 23.1 Å². The van der Waals surface area contributed by atoms with E-state index in [1.807, 2.05) is 56.3 Å². The largest absolute Gasteiger partial charge is 0.322 e. The molecule has 148 valence electrons. The van der Waals surface area contributed by atoms with Crippen molar-refractivity contribution in [2.24, 2.45) is 0 Å². The van der Waals surface area contributed by atoms with E-state index in [4.69, 9.17) is 0 Å². The van der Waals surface area contributed by atoms with Gasteiger partial charge in [0.25, 0.3) is 11.8 Å². The van der Waals surface area contributed by atoms with Gasteiger partial charge in [-0.1, -0.05) is 38.1 Å². The molecule has 5 nitrogen and oxygen atoms in total. The summed E-state index contributed by atoms with van der Waals surface area (Å²) in [6.07, 6.45) is 1.47. The van der Waals surface area contributed by atoms with E-state index in [1.165, 1.54) is 17.8 Å². The van der Waals surface area contributed by atoms with E-state index in [-0.39, 0.29) is 17.5 Å². The molecule has 2 aromatic carbocycles. The topological polar surface area (TPSA) is 71.1 Å². The quantitative estimate of drug-likeness (QED) is 0.622. The summed E-state index contributed by atoms with van der Waals surface area (Å²) in [7, 11) is 0. The molecular formula is C24H25N3O2. The number of nitrogens with one attached hydrogen (secondary N) is 2. The third-order valence-electron chi connectivity index (χ3n) is 4.73. The van der Waals surface area contributed by atoms with Crippen molar-refractivity contribution in [3.8, 4) is 0 Å². The Hall–Kier alpha value is -3.47. The number of benzene rings is 2. The molecular weight excluding hydrogens is 362 g/mol. The Kier molecular flexibility index (Phi) is 6.07. The minimum atomic E-state index is -0.358. The highest BCUT2D eigenvalue weighted by Crippen LogP contribution is 2.19. The SMILES string of the molecule is Cc1ccc(C)c(NC(=O)c2ccnc(C(=O)Nc3ccc(C(C)C)cc3)c2)c1. The summed E-state index contributed by atoms with van der Waals surface area (Å²) in [5, 5.41) is 5.73. The fraction of sp³-hybridized carbons (Fsp3) is 0.208. The molecule has 0 unspecified atom stereocenters. The number of aryl methyl sites for hydroxylation is 2. The lowest BCUT2D eigenvalue weighted by atomic mass is 10.0. The average molecular weight is 387 g/mol. The lowest BCUT2D eigenvalue weighted by Crippen LogP contribution is -2.17. The molecule has 2 amide bonds. The highest BCUT2D eigenvalue weighted by atomic mass is 16.2. The van der Waals surface area contributed by atoms with E-state index >= 15 is 0 Å². The molecule has 0 aliphatic carbocycles. The van der Waals surface area contributed by atoms with E-state index in [9.17, 15) is 9.59 Å². The van der Waals surface area contributed by atoms with Gasteiger partial charge in [0.2, 0.25) is 0 Å². The van der Waals surface area contributed by atoms with Crippen LogP contribution in [0.2, 0.25) is 0 Å². The fourth-order valence-electron chi connectivity index (χ4n) is 2.91. The highest BCUT2D eigenvalue weighted by Gasteiger charge is 2.13. The average Bonchev–Trinajstić information content (AvgIpc) is 2.71. The molecule has 0 spiro atoms. The molecule has 5 heteroatoms. The van der Waals surface area contributed by atoms with Crippen LogP contribution in [0.25, 0.3) is 0 Å². The van der Waals surface area contributed by atoms with Crippen molar-refractivity contribution in [2.45, 2.75) is 33.6 Å². The predicted octanol–water partition coefficient (Wildman–Crippen LogP) is 5.33. The Morgan fingerprint density at radius 1 is 0.862 bits per heavy atom. The summed E-state index contributed by atoms with van der Waals surface area (Å²) in [6.45, 7) is 8.14. The summed E-state index contributed by atoms with van der Waals surface area (Å²) >= 11 is 0. The molecule has 2 N–H and O–H groups in total. The zero-order valence-corrected chi connectivity index (χ0v) is 17.1. The standard InChI is InChI=1S/C24H25N3O2/c1-15(2)18-7-9-20(10-8-18)26-24(29)22-14-19(11-12-25-22)23(28)27-21-13-16(3)5-6-17(21)4/h5-15H,1-4H3,(H,26,29)(H,27,28). The minimum absolute atomic E-state index is 0.187. The van der Waals surface area contributed by atoms with E-state index in [1.54, 1.807) is 6.07 Å². The summed E-state index contributed by atoms with van der Waals surface area (Å²) < 4.78 is 0. The molecule has 0 aliphatic heterocycles. The molecule has 0 bridgehead atoms. The van der Waals surface area contributed by atoms with Crippen LogP contribution in [0.4, 0.5) is 11.4 Å². The molecule has 1 aromatic heterocycles. The van der Waals surface area contributed by atoms with Crippen molar-refractivity contribution < 1.29 is 9.59 Å². The summed E-state index contributed by atoms with van der Waals surface area (Å²) in [6, 6.07) is 16.7. The number of nitrogens with zero attached hydrogens (tertiary/aromatic N) is 1. The van der Waals surface area contributed by atoms with Crippen LogP contribution in [0.1, 0.15) is 57.3 Å². The molecule has 0 saturated heterocycles. The zero-order valence-electron chi connectivity index (χ0n) is 17.1. The van der Waals surface area contributed by atoms with Gasteiger partial charge in [-0.15, -0.1) is 0 Å². The van der Waals surface area contributed by atoms with Crippen molar-refractivity contribution in [3.05, 3.63) is 88.7 Å². The van der Waals surface area contributed by atoms with E-state index in [2.05, 4.69) is 29.5 Å². The summed E-state index contributed by atoms with van der Waals surface area (Å²) in [5.41, 5.74) is 5.23. The van der Waals surface area contributed by atoms with Crippen molar-refractivity contribution in [1.29, 1.82) is 0 Å². The maximum absolute atomic E-state index is 12.6. The smallest absolute Gasteiger partial charge is 0.274 e. The summed E-state index contributed by atoms with van der Waals surface area (Å²) in [5.74, 6) is -0.214. The normalized spacial score (nSPS) is 10.7. The molecule has 0 saturated carbocycles. The molecule has 29 heavy (non-hydrogen) atoms. The zero-order chi connectivity index (χ0) is 21.0. The molecule has 1 heterocycles. The first-order valence-corrected chi connectivity index (χ1v) is 9.59. The maximum atomic E-state index is 12.6. The van der Waals surface area contributed by atoms with E-state index in [0.717, 1.165) is 16.8 Å². The first-order valence-electron chi connectivity index (χ1n) is 9.59. The van der Waals surface area contributed by atoms with Gasteiger partial charge in [0.15, 0.2) is 0 Å². The van der Waals surface area contributed by atoms with Crippen LogP contribution in [-0.4, -0.2) is 16.8 Å². The van der Waals surface area contributed by atoms with Crippen LogP contribution in [0.5, 0.6) is 0 Å². The van der Waals surface area contributed by atoms with E-state index < -0.39 is 0 Å². The Morgan fingerprint density at radius 3 is 2.28 bits per heavy atom. The number of aromatic nitrogens is 1. The molecule has 3 rings (SSSR count). The predicted molar refractivity (Wildman–Crippen MR) is 117 cm³/mol. The third kappa shape index (κ3) is 5.08. The van der Waals surface area contributed by atoms with Crippen LogP contribution >= 0.6 is 0 Å². The van der Waals surface area contributed by atoms with Crippen LogP contribution in [-0.2, 0) is 0 Å². The number of hydrogen-bond donors (Lipinski definition) is 2. The van der Waals surface area contributed by atoms with E-state index in [0.29, 0.717) is 17.2 Å². The van der Waals surface area contributed by atoms with Crippen molar-refractivity contribution >= 4 is 23.2 Å². The molecule has 0 atom stereocenters. The number of rotatable bonds is 5. The second-order valence-corrected chi connectivity index (χ2v) is 7.43. The highest BCUT2D eigenvalue weighted by molar-refractivity contribution is 6.08. The third-order valence-corrected chi connectivity index (χ3v) is 4.73. The number of carbonyl (C=O) groups excluding carboxylic acids is 2.